The molecule has 0 bridgehead atoms. The molecule has 0 spiro atoms. The number of carbonyl (C=O) groups is 1. The summed E-state index contributed by atoms with van der Waals surface area (Å²) in [6.45, 7) is 0.921. The van der Waals surface area contributed by atoms with E-state index in [2.05, 4.69) is 15.3 Å². The van der Waals surface area contributed by atoms with Gasteiger partial charge in [-0.15, -0.1) is 0 Å². The summed E-state index contributed by atoms with van der Waals surface area (Å²) in [5.41, 5.74) is 2.75. The molecule has 3 heterocycles. The Morgan fingerprint density at radius 3 is 2.88 bits per heavy atom. The van der Waals surface area contributed by atoms with Crippen LogP contribution in [0, 0.1) is 0 Å². The Labute approximate surface area is 148 Å². The highest BCUT2D eigenvalue weighted by atomic mass is 35.5. The molecule has 2 aromatic heterocycles. The molecule has 1 aliphatic heterocycles. The second-order valence-electron chi connectivity index (χ2n) is 5.83. The van der Waals surface area contributed by atoms with Crippen molar-refractivity contribution >= 4 is 34.1 Å². The number of nitrogens with zero attached hydrogens (tertiary/aromatic N) is 3. The summed E-state index contributed by atoms with van der Waals surface area (Å²) < 4.78 is 1.94. The molecule has 0 aliphatic carbocycles. The molecule has 0 unspecified atom stereocenters. The van der Waals surface area contributed by atoms with Gasteiger partial charge in [0, 0.05) is 30.7 Å². The lowest BCUT2D eigenvalue weighted by molar-refractivity contribution is -0.115. The number of aliphatic hydroxyl groups is 1. The summed E-state index contributed by atoms with van der Waals surface area (Å²) in [4.78, 5) is 21.2. The van der Waals surface area contributed by atoms with E-state index in [-0.39, 0.29) is 17.2 Å². The van der Waals surface area contributed by atoms with Gasteiger partial charge in [-0.2, -0.15) is 0 Å². The number of imidazole rings is 1. The van der Waals surface area contributed by atoms with Crippen LogP contribution in [0.2, 0.25) is 5.02 Å². The SMILES string of the molecule is O=C(NCc1ccc(Cl)cc1)C1=C(O)CCn2c1nc1cnccc12. The molecule has 0 saturated carbocycles. The first-order chi connectivity index (χ1) is 12.1. The molecular weight excluding hydrogens is 340 g/mol. The minimum Gasteiger partial charge on any atom is -0.511 e. The maximum Gasteiger partial charge on any atom is 0.258 e. The van der Waals surface area contributed by atoms with Crippen molar-refractivity contribution in [2.45, 2.75) is 19.5 Å². The van der Waals surface area contributed by atoms with Gasteiger partial charge in [-0.1, -0.05) is 23.7 Å². The van der Waals surface area contributed by atoms with E-state index in [4.69, 9.17) is 11.6 Å². The molecule has 1 amide bonds. The van der Waals surface area contributed by atoms with Gasteiger partial charge in [-0.25, -0.2) is 4.98 Å². The van der Waals surface area contributed by atoms with Crippen molar-refractivity contribution in [3.63, 3.8) is 0 Å². The maximum atomic E-state index is 12.7. The van der Waals surface area contributed by atoms with Gasteiger partial charge in [0.05, 0.1) is 11.7 Å². The van der Waals surface area contributed by atoms with Crippen molar-refractivity contribution in [2.75, 3.05) is 0 Å². The lowest BCUT2D eigenvalue weighted by Gasteiger charge is -2.18. The number of pyridine rings is 1. The van der Waals surface area contributed by atoms with E-state index < -0.39 is 0 Å². The Balaban J connectivity index is 1.63. The molecule has 25 heavy (non-hydrogen) atoms. The van der Waals surface area contributed by atoms with Crippen molar-refractivity contribution in [3.8, 4) is 0 Å². The molecular formula is C18H15ClN4O2. The summed E-state index contributed by atoms with van der Waals surface area (Å²) in [5, 5.41) is 13.8. The van der Waals surface area contributed by atoms with E-state index in [1.807, 2.05) is 22.8 Å². The van der Waals surface area contributed by atoms with Gasteiger partial charge in [0.2, 0.25) is 0 Å². The van der Waals surface area contributed by atoms with Crippen LogP contribution in [0.3, 0.4) is 0 Å². The Kier molecular flexibility index (Phi) is 3.89. The highest BCUT2D eigenvalue weighted by molar-refractivity contribution is 6.30. The molecule has 126 valence electrons. The van der Waals surface area contributed by atoms with Gasteiger partial charge in [0.15, 0.2) is 0 Å². The monoisotopic (exact) mass is 354 g/mol. The van der Waals surface area contributed by atoms with Crippen LogP contribution in [-0.2, 0) is 17.9 Å². The molecule has 0 saturated heterocycles. The predicted molar refractivity (Wildman–Crippen MR) is 95.0 cm³/mol. The van der Waals surface area contributed by atoms with Crippen molar-refractivity contribution in [1.82, 2.24) is 19.9 Å². The molecule has 1 aromatic carbocycles. The molecule has 3 aromatic rings. The molecule has 0 atom stereocenters. The highest BCUT2D eigenvalue weighted by Crippen LogP contribution is 2.29. The van der Waals surface area contributed by atoms with Gasteiger partial charge >= 0.3 is 0 Å². The topological polar surface area (TPSA) is 80.0 Å². The Morgan fingerprint density at radius 2 is 2.08 bits per heavy atom. The number of hydrogen-bond acceptors (Lipinski definition) is 4. The molecule has 0 fully saturated rings. The number of aromatic nitrogens is 3. The first kappa shape index (κ1) is 15.7. The number of halogens is 1. The summed E-state index contributed by atoms with van der Waals surface area (Å²) >= 11 is 5.87. The van der Waals surface area contributed by atoms with Gasteiger partial charge < -0.3 is 15.0 Å². The van der Waals surface area contributed by atoms with Crippen LogP contribution >= 0.6 is 11.6 Å². The Bertz CT molecular complexity index is 992. The second kappa shape index (κ2) is 6.22. The first-order valence-corrected chi connectivity index (χ1v) is 8.26. The van der Waals surface area contributed by atoms with Crippen molar-refractivity contribution in [1.29, 1.82) is 0 Å². The highest BCUT2D eigenvalue weighted by Gasteiger charge is 2.27. The number of amides is 1. The fourth-order valence-corrected chi connectivity index (χ4v) is 3.10. The summed E-state index contributed by atoms with van der Waals surface area (Å²) in [5.74, 6) is 0.182. The minimum atomic E-state index is -0.350. The lowest BCUT2D eigenvalue weighted by atomic mass is 10.1. The van der Waals surface area contributed by atoms with Crippen LogP contribution in [0.1, 0.15) is 17.8 Å². The van der Waals surface area contributed by atoms with Crippen LogP contribution in [0.15, 0.2) is 48.5 Å². The number of aliphatic hydroxyl groups excluding tert-OH is 1. The Hall–Kier alpha value is -2.86. The number of rotatable bonds is 3. The van der Waals surface area contributed by atoms with Crippen molar-refractivity contribution < 1.29 is 9.90 Å². The fourth-order valence-electron chi connectivity index (χ4n) is 2.98. The van der Waals surface area contributed by atoms with Gasteiger partial charge in [0.1, 0.15) is 22.7 Å². The third-order valence-electron chi connectivity index (χ3n) is 4.23. The van der Waals surface area contributed by atoms with Gasteiger partial charge in [0.25, 0.3) is 5.91 Å². The fraction of sp³-hybridized carbons (Fsp3) is 0.167. The Morgan fingerprint density at radius 1 is 1.28 bits per heavy atom. The van der Waals surface area contributed by atoms with Crippen LogP contribution in [0.4, 0.5) is 0 Å². The average molecular weight is 355 g/mol. The largest absolute Gasteiger partial charge is 0.511 e. The maximum absolute atomic E-state index is 12.7. The number of allylic oxidation sites excluding steroid dienone is 1. The average Bonchev–Trinajstić information content (AvgIpc) is 2.99. The number of fused-ring (bicyclic) bond motifs is 3. The minimum absolute atomic E-state index is 0.0596. The first-order valence-electron chi connectivity index (χ1n) is 7.89. The molecule has 1 aliphatic rings. The van der Waals surface area contributed by atoms with Crippen LogP contribution < -0.4 is 5.32 Å². The molecule has 7 heteroatoms. The predicted octanol–water partition coefficient (Wildman–Crippen LogP) is 3.07. The number of nitrogens with one attached hydrogen (secondary N) is 1. The van der Waals surface area contributed by atoms with Crippen LogP contribution in [0.25, 0.3) is 16.6 Å². The standard InChI is InChI=1S/C18H15ClN4O2/c19-12-3-1-11(2-4-12)9-21-18(25)16-15(24)6-8-23-14-5-7-20-10-13(14)22-17(16)23/h1-5,7,10,24H,6,8-9H2,(H,21,25). The molecule has 0 radical (unpaired) electrons. The number of carbonyl (C=O) groups excluding carboxylic acids is 1. The van der Waals surface area contributed by atoms with E-state index in [0.29, 0.717) is 35.9 Å². The third-order valence-corrected chi connectivity index (χ3v) is 4.48. The zero-order valence-electron chi connectivity index (χ0n) is 13.2. The van der Waals surface area contributed by atoms with Gasteiger partial charge in [-0.3, -0.25) is 9.78 Å². The van der Waals surface area contributed by atoms with Crippen LogP contribution in [-0.4, -0.2) is 25.5 Å². The van der Waals surface area contributed by atoms with E-state index >= 15 is 0 Å². The second-order valence-corrected chi connectivity index (χ2v) is 6.27. The van der Waals surface area contributed by atoms with Gasteiger partial charge in [-0.05, 0) is 23.8 Å². The van der Waals surface area contributed by atoms with Crippen molar-refractivity contribution in [2.24, 2.45) is 0 Å². The molecule has 6 nitrogen and oxygen atoms in total. The number of benzene rings is 1. The molecule has 2 N–H and O–H groups in total. The lowest BCUT2D eigenvalue weighted by Crippen LogP contribution is -2.28. The summed E-state index contributed by atoms with van der Waals surface area (Å²) in [6.07, 6.45) is 3.74. The number of hydrogen-bond donors (Lipinski definition) is 2. The van der Waals surface area contributed by atoms with Crippen LogP contribution in [0.5, 0.6) is 0 Å². The molecule has 4 rings (SSSR count). The van der Waals surface area contributed by atoms with E-state index in [1.54, 1.807) is 24.5 Å². The van der Waals surface area contributed by atoms with Crippen molar-refractivity contribution in [3.05, 3.63) is 64.9 Å². The summed E-state index contributed by atoms with van der Waals surface area (Å²) in [6, 6.07) is 9.09. The zero-order valence-corrected chi connectivity index (χ0v) is 14.0. The smallest absolute Gasteiger partial charge is 0.258 e. The number of aryl methyl sites for hydroxylation is 1. The van der Waals surface area contributed by atoms with E-state index in [0.717, 1.165) is 11.1 Å². The third kappa shape index (κ3) is 2.85. The summed E-state index contributed by atoms with van der Waals surface area (Å²) in [7, 11) is 0. The quantitative estimate of drug-likeness (QED) is 0.757. The van der Waals surface area contributed by atoms with E-state index in [1.165, 1.54) is 0 Å². The zero-order chi connectivity index (χ0) is 17.4. The van der Waals surface area contributed by atoms with E-state index in [9.17, 15) is 9.90 Å². The normalized spacial score (nSPS) is 13.8.